The summed E-state index contributed by atoms with van der Waals surface area (Å²) in [5, 5.41) is 2.86. The molecule has 0 unspecified atom stereocenters. The van der Waals surface area contributed by atoms with Gasteiger partial charge >= 0.3 is 0 Å². The highest BCUT2D eigenvalue weighted by Gasteiger charge is 2.06. The van der Waals surface area contributed by atoms with Crippen LogP contribution in [0.25, 0.3) is 0 Å². The van der Waals surface area contributed by atoms with E-state index in [0.29, 0.717) is 31.9 Å². The molecule has 1 aromatic heterocycles. The minimum absolute atomic E-state index is 0.0197. The Balaban J connectivity index is 1.67. The number of rotatable bonds is 8. The molecule has 0 aliphatic rings. The minimum Gasteiger partial charge on any atom is -0.494 e. The number of aromatic nitrogens is 1. The van der Waals surface area contributed by atoms with E-state index in [1.807, 2.05) is 36.4 Å². The summed E-state index contributed by atoms with van der Waals surface area (Å²) in [5.41, 5.74) is 0.855. The lowest BCUT2D eigenvalue weighted by Gasteiger charge is -2.09. The molecule has 2 rings (SSSR count). The van der Waals surface area contributed by atoms with Crippen LogP contribution < -0.4 is 14.8 Å². The van der Waals surface area contributed by atoms with Crippen molar-refractivity contribution in [1.29, 1.82) is 0 Å². The zero-order valence-corrected chi connectivity index (χ0v) is 14.5. The van der Waals surface area contributed by atoms with E-state index in [1.54, 1.807) is 13.3 Å². The Bertz CT molecular complexity index is 649. The van der Waals surface area contributed by atoms with Gasteiger partial charge in [-0.05, 0) is 30.7 Å². The number of hydrogen-bond acceptors (Lipinski definition) is 4. The third-order valence-corrected chi connectivity index (χ3v) is 3.63. The largest absolute Gasteiger partial charge is 0.494 e. The Hall–Kier alpha value is -2.08. The predicted octanol–water partition coefficient (Wildman–Crippen LogP) is 3.33. The van der Waals surface area contributed by atoms with Crippen molar-refractivity contribution in [1.82, 2.24) is 10.3 Å². The average molecular weight is 379 g/mol. The molecule has 0 aliphatic heterocycles. The first-order valence-corrected chi connectivity index (χ1v) is 8.11. The van der Waals surface area contributed by atoms with Gasteiger partial charge in [-0.2, -0.15) is 0 Å². The molecular weight excluding hydrogens is 360 g/mol. The summed E-state index contributed by atoms with van der Waals surface area (Å²) in [5.74, 6) is 1.31. The van der Waals surface area contributed by atoms with E-state index in [1.165, 1.54) is 0 Å². The van der Waals surface area contributed by atoms with E-state index in [-0.39, 0.29) is 5.91 Å². The molecule has 122 valence electrons. The van der Waals surface area contributed by atoms with Crippen molar-refractivity contribution < 1.29 is 14.3 Å². The first-order valence-electron chi connectivity index (χ1n) is 7.32. The topological polar surface area (TPSA) is 60.5 Å². The summed E-state index contributed by atoms with van der Waals surface area (Å²) < 4.78 is 11.7. The van der Waals surface area contributed by atoms with Crippen LogP contribution in [0.1, 0.15) is 18.4 Å². The fourth-order valence-corrected chi connectivity index (χ4v) is 2.38. The molecule has 0 fully saturated rings. The molecular formula is C17H19BrN2O3. The fraction of sp³-hybridized carbons (Fsp3) is 0.294. The summed E-state index contributed by atoms with van der Waals surface area (Å²) >= 11 is 3.39. The number of halogens is 1. The number of pyridine rings is 1. The number of amides is 1. The highest BCUT2D eigenvalue weighted by molar-refractivity contribution is 9.10. The average Bonchev–Trinajstić information content (AvgIpc) is 2.57. The number of benzene rings is 1. The second kappa shape index (κ2) is 9.15. The van der Waals surface area contributed by atoms with E-state index in [0.717, 1.165) is 15.8 Å². The molecule has 5 nitrogen and oxygen atoms in total. The van der Waals surface area contributed by atoms with Crippen molar-refractivity contribution in [2.24, 2.45) is 0 Å². The number of ether oxygens (including phenoxy) is 2. The van der Waals surface area contributed by atoms with Crippen LogP contribution in [0.4, 0.5) is 0 Å². The standard InChI is InChI=1S/C17H19BrN2O3/c1-22-17-13(5-3-9-19-17)12-20-16(21)8-4-10-23-15-7-2-6-14(18)11-15/h2-3,5-7,9,11H,4,8,10,12H2,1H3,(H,20,21). The van der Waals surface area contributed by atoms with Crippen LogP contribution in [0.3, 0.4) is 0 Å². The van der Waals surface area contributed by atoms with Gasteiger partial charge in [0.15, 0.2) is 0 Å². The van der Waals surface area contributed by atoms with Crippen LogP contribution in [0.2, 0.25) is 0 Å². The second-order valence-corrected chi connectivity index (χ2v) is 5.77. The van der Waals surface area contributed by atoms with Crippen molar-refractivity contribution in [3.63, 3.8) is 0 Å². The summed E-state index contributed by atoms with van der Waals surface area (Å²) in [6.45, 7) is 0.905. The van der Waals surface area contributed by atoms with Crippen LogP contribution in [0, 0.1) is 0 Å². The molecule has 2 aromatic rings. The van der Waals surface area contributed by atoms with Crippen LogP contribution in [0.15, 0.2) is 47.1 Å². The SMILES string of the molecule is COc1ncccc1CNC(=O)CCCOc1cccc(Br)c1. The monoisotopic (exact) mass is 378 g/mol. The number of hydrogen-bond donors (Lipinski definition) is 1. The van der Waals surface area contributed by atoms with Gasteiger partial charge in [0.25, 0.3) is 0 Å². The van der Waals surface area contributed by atoms with Gasteiger partial charge in [-0.25, -0.2) is 4.98 Å². The highest BCUT2D eigenvalue weighted by Crippen LogP contribution is 2.18. The summed E-state index contributed by atoms with van der Waals surface area (Å²) in [6.07, 6.45) is 2.72. The zero-order chi connectivity index (χ0) is 16.5. The van der Waals surface area contributed by atoms with Crippen LogP contribution in [0.5, 0.6) is 11.6 Å². The van der Waals surface area contributed by atoms with Gasteiger partial charge in [-0.1, -0.05) is 28.1 Å². The molecule has 23 heavy (non-hydrogen) atoms. The van der Waals surface area contributed by atoms with Gasteiger partial charge in [0.1, 0.15) is 5.75 Å². The fourth-order valence-electron chi connectivity index (χ4n) is 2.00. The molecule has 6 heteroatoms. The molecule has 1 heterocycles. The third kappa shape index (κ3) is 5.90. The van der Waals surface area contributed by atoms with Crippen molar-refractivity contribution in [2.45, 2.75) is 19.4 Å². The lowest BCUT2D eigenvalue weighted by molar-refractivity contribution is -0.121. The normalized spacial score (nSPS) is 10.2. The van der Waals surface area contributed by atoms with E-state index in [2.05, 4.69) is 26.2 Å². The van der Waals surface area contributed by atoms with Crippen LogP contribution >= 0.6 is 15.9 Å². The van der Waals surface area contributed by atoms with Crippen molar-refractivity contribution in [3.8, 4) is 11.6 Å². The van der Waals surface area contributed by atoms with Crippen LogP contribution in [-0.4, -0.2) is 24.6 Å². The molecule has 0 spiro atoms. The molecule has 0 atom stereocenters. The Labute approximate surface area is 144 Å². The molecule has 0 radical (unpaired) electrons. The first-order chi connectivity index (χ1) is 11.2. The van der Waals surface area contributed by atoms with Crippen LogP contribution in [-0.2, 0) is 11.3 Å². The van der Waals surface area contributed by atoms with Crippen molar-refractivity contribution in [3.05, 3.63) is 52.6 Å². The third-order valence-electron chi connectivity index (χ3n) is 3.13. The Kier molecular flexibility index (Phi) is 6.87. The lowest BCUT2D eigenvalue weighted by atomic mass is 10.2. The van der Waals surface area contributed by atoms with E-state index >= 15 is 0 Å². The smallest absolute Gasteiger partial charge is 0.220 e. The van der Waals surface area contributed by atoms with E-state index in [9.17, 15) is 4.79 Å². The summed E-state index contributed by atoms with van der Waals surface area (Å²) in [4.78, 5) is 15.9. The number of nitrogens with one attached hydrogen (secondary N) is 1. The lowest BCUT2D eigenvalue weighted by Crippen LogP contribution is -2.23. The van der Waals surface area contributed by atoms with Gasteiger partial charge < -0.3 is 14.8 Å². The molecule has 0 aliphatic carbocycles. The predicted molar refractivity (Wildman–Crippen MR) is 91.5 cm³/mol. The van der Waals surface area contributed by atoms with Gasteiger partial charge in [0, 0.05) is 29.2 Å². The van der Waals surface area contributed by atoms with Gasteiger partial charge in [-0.3, -0.25) is 4.79 Å². The van der Waals surface area contributed by atoms with E-state index < -0.39 is 0 Å². The molecule has 0 saturated carbocycles. The van der Waals surface area contributed by atoms with Gasteiger partial charge in [-0.15, -0.1) is 0 Å². The maximum absolute atomic E-state index is 11.8. The molecule has 1 amide bonds. The quantitative estimate of drug-likeness (QED) is 0.715. The second-order valence-electron chi connectivity index (χ2n) is 4.86. The minimum atomic E-state index is -0.0197. The molecule has 0 bridgehead atoms. The van der Waals surface area contributed by atoms with Gasteiger partial charge in [0.05, 0.1) is 13.7 Å². The van der Waals surface area contributed by atoms with E-state index in [4.69, 9.17) is 9.47 Å². The Morgan fingerprint density at radius 1 is 1.30 bits per heavy atom. The van der Waals surface area contributed by atoms with Crippen molar-refractivity contribution in [2.75, 3.05) is 13.7 Å². The maximum atomic E-state index is 11.8. The molecule has 0 saturated heterocycles. The number of methoxy groups -OCH3 is 1. The number of carbonyl (C=O) groups is 1. The Morgan fingerprint density at radius 3 is 2.96 bits per heavy atom. The van der Waals surface area contributed by atoms with Gasteiger partial charge in [0.2, 0.25) is 11.8 Å². The van der Waals surface area contributed by atoms with Crippen molar-refractivity contribution >= 4 is 21.8 Å². The summed E-state index contributed by atoms with van der Waals surface area (Å²) in [6, 6.07) is 11.3. The highest BCUT2D eigenvalue weighted by atomic mass is 79.9. The number of nitrogens with zero attached hydrogens (tertiary/aromatic N) is 1. The summed E-state index contributed by atoms with van der Waals surface area (Å²) in [7, 11) is 1.56. The molecule has 1 N–H and O–H groups in total. The zero-order valence-electron chi connectivity index (χ0n) is 12.9. The first kappa shape index (κ1) is 17.3. The maximum Gasteiger partial charge on any atom is 0.220 e. The number of carbonyl (C=O) groups excluding carboxylic acids is 1. The Morgan fingerprint density at radius 2 is 2.17 bits per heavy atom. The molecule has 1 aromatic carbocycles.